The Labute approximate surface area is 136 Å². The third-order valence-electron chi connectivity index (χ3n) is 4.04. The predicted molar refractivity (Wildman–Crippen MR) is 88.6 cm³/mol. The van der Waals surface area contributed by atoms with Gasteiger partial charge in [0, 0.05) is 13.1 Å². The largest absolute Gasteiger partial charge is 0.444 e. The molecule has 0 spiro atoms. The van der Waals surface area contributed by atoms with Crippen molar-refractivity contribution in [1.82, 2.24) is 4.90 Å². The predicted octanol–water partition coefficient (Wildman–Crippen LogP) is 2.45. The summed E-state index contributed by atoms with van der Waals surface area (Å²) in [7, 11) is 0. The summed E-state index contributed by atoms with van der Waals surface area (Å²) in [5.74, 6) is 0.0414. The fourth-order valence-corrected chi connectivity index (χ4v) is 3.07. The molecule has 124 valence electrons. The van der Waals surface area contributed by atoms with Crippen molar-refractivity contribution >= 4 is 23.4 Å². The van der Waals surface area contributed by atoms with Crippen LogP contribution < -0.4 is 10.2 Å². The van der Waals surface area contributed by atoms with E-state index >= 15 is 0 Å². The van der Waals surface area contributed by atoms with Gasteiger partial charge in [0.15, 0.2) is 0 Å². The van der Waals surface area contributed by atoms with E-state index in [0.29, 0.717) is 19.6 Å². The van der Waals surface area contributed by atoms with Crippen molar-refractivity contribution in [1.29, 1.82) is 0 Å². The molecule has 0 aliphatic carbocycles. The molecule has 6 heteroatoms. The SMILES string of the molecule is CC(C)(C)OC(=O)N1CC[C@@H](N2C(=O)CNc3ccccc32)C1. The van der Waals surface area contributed by atoms with Gasteiger partial charge in [-0.05, 0) is 39.3 Å². The highest BCUT2D eigenvalue weighted by Crippen LogP contribution is 2.33. The molecule has 2 heterocycles. The zero-order valence-electron chi connectivity index (χ0n) is 13.8. The first-order valence-electron chi connectivity index (χ1n) is 7.98. The Hall–Kier alpha value is -2.24. The number of ether oxygens (including phenoxy) is 1. The molecule has 2 aliphatic heterocycles. The van der Waals surface area contributed by atoms with Crippen LogP contribution >= 0.6 is 0 Å². The lowest BCUT2D eigenvalue weighted by Crippen LogP contribution is -2.48. The Morgan fingerprint density at radius 3 is 2.78 bits per heavy atom. The molecule has 0 bridgehead atoms. The van der Waals surface area contributed by atoms with Crippen LogP contribution in [-0.2, 0) is 9.53 Å². The van der Waals surface area contributed by atoms with Crippen molar-refractivity contribution in [2.75, 3.05) is 29.9 Å². The van der Waals surface area contributed by atoms with E-state index in [1.54, 1.807) is 4.90 Å². The minimum Gasteiger partial charge on any atom is -0.444 e. The molecule has 1 fully saturated rings. The number of likely N-dealkylation sites (tertiary alicyclic amines) is 1. The Kier molecular flexibility index (Phi) is 3.92. The minimum absolute atomic E-state index is 0.00160. The number of carbonyl (C=O) groups is 2. The first-order chi connectivity index (χ1) is 10.8. The van der Waals surface area contributed by atoms with E-state index in [-0.39, 0.29) is 18.0 Å². The number of fused-ring (bicyclic) bond motifs is 1. The molecule has 1 aromatic rings. The average molecular weight is 317 g/mol. The number of carbonyl (C=O) groups excluding carboxylic acids is 2. The quantitative estimate of drug-likeness (QED) is 0.864. The van der Waals surface area contributed by atoms with Gasteiger partial charge in [-0.15, -0.1) is 0 Å². The van der Waals surface area contributed by atoms with Crippen molar-refractivity contribution in [3.63, 3.8) is 0 Å². The molecule has 1 aromatic carbocycles. The van der Waals surface area contributed by atoms with Crippen LogP contribution in [0.2, 0.25) is 0 Å². The topological polar surface area (TPSA) is 61.9 Å². The van der Waals surface area contributed by atoms with Crippen molar-refractivity contribution in [2.24, 2.45) is 0 Å². The molecule has 2 amide bonds. The summed E-state index contributed by atoms with van der Waals surface area (Å²) in [5, 5.41) is 3.13. The fourth-order valence-electron chi connectivity index (χ4n) is 3.07. The number of benzene rings is 1. The third-order valence-corrected chi connectivity index (χ3v) is 4.04. The number of nitrogens with one attached hydrogen (secondary N) is 1. The molecular formula is C17H23N3O3. The van der Waals surface area contributed by atoms with Crippen LogP contribution in [-0.4, -0.2) is 48.2 Å². The molecule has 0 unspecified atom stereocenters. The number of anilines is 2. The maximum absolute atomic E-state index is 12.4. The highest BCUT2D eigenvalue weighted by molar-refractivity contribution is 6.03. The summed E-state index contributed by atoms with van der Waals surface area (Å²) in [5.41, 5.74) is 1.34. The maximum Gasteiger partial charge on any atom is 0.410 e. The lowest BCUT2D eigenvalue weighted by Gasteiger charge is -2.34. The molecule has 1 atom stereocenters. The second kappa shape index (κ2) is 5.76. The minimum atomic E-state index is -0.507. The van der Waals surface area contributed by atoms with E-state index < -0.39 is 5.60 Å². The van der Waals surface area contributed by atoms with Crippen LogP contribution in [0.4, 0.5) is 16.2 Å². The van der Waals surface area contributed by atoms with E-state index in [2.05, 4.69) is 5.32 Å². The van der Waals surface area contributed by atoms with Crippen LogP contribution in [0.1, 0.15) is 27.2 Å². The molecule has 0 radical (unpaired) electrons. The average Bonchev–Trinajstić information content (AvgIpc) is 2.95. The Balaban J connectivity index is 1.74. The van der Waals surface area contributed by atoms with Gasteiger partial charge in [0.1, 0.15) is 5.60 Å². The van der Waals surface area contributed by atoms with Crippen LogP contribution in [0.3, 0.4) is 0 Å². The van der Waals surface area contributed by atoms with Gasteiger partial charge in [0.25, 0.3) is 0 Å². The summed E-state index contributed by atoms with van der Waals surface area (Å²) in [6, 6.07) is 7.78. The number of hydrogen-bond acceptors (Lipinski definition) is 4. The number of rotatable bonds is 1. The molecular weight excluding hydrogens is 294 g/mol. The van der Waals surface area contributed by atoms with Crippen molar-refractivity contribution in [2.45, 2.75) is 38.8 Å². The highest BCUT2D eigenvalue weighted by atomic mass is 16.6. The first kappa shape index (κ1) is 15.6. The standard InChI is InChI=1S/C17H23N3O3/c1-17(2,3)23-16(22)19-9-8-12(11-19)20-14-7-5-4-6-13(14)18-10-15(20)21/h4-7,12,18H,8-11H2,1-3H3/t12-/m1/s1. The van der Waals surface area contributed by atoms with Crippen LogP contribution in [0, 0.1) is 0 Å². The second-order valence-corrected chi connectivity index (χ2v) is 7.00. The molecule has 0 saturated carbocycles. The lowest BCUT2D eigenvalue weighted by molar-refractivity contribution is -0.117. The van der Waals surface area contributed by atoms with Gasteiger partial charge < -0.3 is 19.9 Å². The number of nitrogens with zero attached hydrogens (tertiary/aromatic N) is 2. The molecule has 1 N–H and O–H groups in total. The van der Waals surface area contributed by atoms with Gasteiger partial charge >= 0.3 is 6.09 Å². The summed E-state index contributed by atoms with van der Waals surface area (Å²) in [6.45, 7) is 6.98. The molecule has 23 heavy (non-hydrogen) atoms. The summed E-state index contributed by atoms with van der Waals surface area (Å²) < 4.78 is 5.42. The van der Waals surface area contributed by atoms with Gasteiger partial charge in [-0.2, -0.15) is 0 Å². The van der Waals surface area contributed by atoms with Crippen molar-refractivity contribution in [3.05, 3.63) is 24.3 Å². The second-order valence-electron chi connectivity index (χ2n) is 7.00. The van der Waals surface area contributed by atoms with Crippen LogP contribution in [0.15, 0.2) is 24.3 Å². The molecule has 1 saturated heterocycles. The van der Waals surface area contributed by atoms with E-state index in [0.717, 1.165) is 17.8 Å². The Bertz CT molecular complexity index is 624. The third kappa shape index (κ3) is 3.25. The Morgan fingerprint density at radius 2 is 2.04 bits per heavy atom. The monoisotopic (exact) mass is 317 g/mol. The molecule has 0 aromatic heterocycles. The van der Waals surface area contributed by atoms with E-state index in [9.17, 15) is 9.59 Å². The molecule has 6 nitrogen and oxygen atoms in total. The number of para-hydroxylation sites is 2. The van der Waals surface area contributed by atoms with Gasteiger partial charge in [-0.25, -0.2) is 4.79 Å². The zero-order chi connectivity index (χ0) is 16.6. The highest BCUT2D eigenvalue weighted by Gasteiger charge is 2.37. The number of amides is 2. The van der Waals surface area contributed by atoms with Crippen LogP contribution in [0.5, 0.6) is 0 Å². The van der Waals surface area contributed by atoms with Gasteiger partial charge in [0.2, 0.25) is 5.91 Å². The summed E-state index contributed by atoms with van der Waals surface area (Å²) in [6.07, 6.45) is 0.454. The van der Waals surface area contributed by atoms with Crippen molar-refractivity contribution in [3.8, 4) is 0 Å². The summed E-state index contributed by atoms with van der Waals surface area (Å²) >= 11 is 0. The number of hydrogen-bond donors (Lipinski definition) is 1. The van der Waals surface area contributed by atoms with Gasteiger partial charge in [-0.1, -0.05) is 12.1 Å². The van der Waals surface area contributed by atoms with Crippen molar-refractivity contribution < 1.29 is 14.3 Å². The lowest BCUT2D eigenvalue weighted by atomic mass is 10.1. The van der Waals surface area contributed by atoms with Crippen LogP contribution in [0.25, 0.3) is 0 Å². The smallest absolute Gasteiger partial charge is 0.410 e. The molecule has 3 rings (SSSR count). The van der Waals surface area contributed by atoms with Gasteiger partial charge in [0.05, 0.1) is 24.0 Å². The molecule has 2 aliphatic rings. The van der Waals surface area contributed by atoms with E-state index in [1.807, 2.05) is 49.9 Å². The van der Waals surface area contributed by atoms with E-state index in [4.69, 9.17) is 4.74 Å². The Morgan fingerprint density at radius 1 is 1.30 bits per heavy atom. The fraction of sp³-hybridized carbons (Fsp3) is 0.529. The maximum atomic E-state index is 12.4. The zero-order valence-corrected chi connectivity index (χ0v) is 13.8. The first-order valence-corrected chi connectivity index (χ1v) is 7.98. The van der Waals surface area contributed by atoms with Gasteiger partial charge in [-0.3, -0.25) is 4.79 Å². The summed E-state index contributed by atoms with van der Waals surface area (Å²) in [4.78, 5) is 28.1. The van der Waals surface area contributed by atoms with E-state index in [1.165, 1.54) is 0 Å². The normalized spacial score (nSPS) is 21.0.